The molecule has 1 aliphatic rings. The van der Waals surface area contributed by atoms with Crippen LogP contribution in [-0.2, 0) is 15.1 Å². The molecule has 0 unspecified atom stereocenters. The first-order valence-electron chi connectivity index (χ1n) is 7.58. The van der Waals surface area contributed by atoms with Gasteiger partial charge in [0.05, 0.1) is 17.6 Å². The second-order valence-corrected chi connectivity index (χ2v) is 6.97. The van der Waals surface area contributed by atoms with Crippen LogP contribution < -0.4 is 11.1 Å². The highest BCUT2D eigenvalue weighted by Gasteiger charge is 2.38. The van der Waals surface area contributed by atoms with Crippen molar-refractivity contribution in [3.8, 4) is 0 Å². The van der Waals surface area contributed by atoms with Crippen molar-refractivity contribution in [3.63, 3.8) is 0 Å². The van der Waals surface area contributed by atoms with E-state index >= 15 is 0 Å². The van der Waals surface area contributed by atoms with Crippen molar-refractivity contribution in [3.05, 3.63) is 24.0 Å². The Morgan fingerprint density at radius 1 is 1.42 bits per heavy atom. The number of amides is 2. The third-order valence-electron chi connectivity index (χ3n) is 3.53. The van der Waals surface area contributed by atoms with Crippen LogP contribution in [0.2, 0.25) is 0 Å². The van der Waals surface area contributed by atoms with Crippen molar-refractivity contribution in [2.45, 2.75) is 45.3 Å². The first-order valence-corrected chi connectivity index (χ1v) is 7.58. The molecule has 24 heavy (non-hydrogen) atoms. The maximum Gasteiger partial charge on any atom is 0.414 e. The number of hydrogen-bond acceptors (Lipinski definition) is 6. The summed E-state index contributed by atoms with van der Waals surface area (Å²) >= 11 is 0. The van der Waals surface area contributed by atoms with Gasteiger partial charge in [-0.3, -0.25) is 20.0 Å². The highest BCUT2D eigenvalue weighted by molar-refractivity contribution is 6.04. The number of nitrogens with two attached hydrogens (primary N) is 1. The lowest BCUT2D eigenvalue weighted by molar-refractivity contribution is -0.128. The lowest BCUT2D eigenvalue weighted by Crippen LogP contribution is -2.52. The Morgan fingerprint density at radius 2 is 2.08 bits per heavy atom. The van der Waals surface area contributed by atoms with Crippen molar-refractivity contribution >= 4 is 23.6 Å². The maximum atomic E-state index is 12.3. The van der Waals surface area contributed by atoms with E-state index in [9.17, 15) is 9.59 Å². The van der Waals surface area contributed by atoms with E-state index in [0.29, 0.717) is 11.3 Å². The fourth-order valence-electron chi connectivity index (χ4n) is 2.31. The molecule has 0 bridgehead atoms. The quantitative estimate of drug-likeness (QED) is 0.811. The van der Waals surface area contributed by atoms with Gasteiger partial charge in [0.15, 0.2) is 0 Å². The number of guanidine groups is 1. The minimum Gasteiger partial charge on any atom is -0.444 e. The molecule has 0 spiro atoms. The summed E-state index contributed by atoms with van der Waals surface area (Å²) in [7, 11) is 1.55. The summed E-state index contributed by atoms with van der Waals surface area (Å²) in [5, 5.41) is 2.54. The summed E-state index contributed by atoms with van der Waals surface area (Å²) < 4.78 is 5.22. The Labute approximate surface area is 141 Å². The van der Waals surface area contributed by atoms with Crippen LogP contribution in [0, 0.1) is 0 Å². The molecule has 1 atom stereocenters. The third-order valence-corrected chi connectivity index (χ3v) is 3.53. The molecule has 0 radical (unpaired) electrons. The van der Waals surface area contributed by atoms with Gasteiger partial charge in [-0.25, -0.2) is 9.79 Å². The maximum absolute atomic E-state index is 12.3. The summed E-state index contributed by atoms with van der Waals surface area (Å²) in [6, 6.07) is 1.72. The molecule has 2 heterocycles. The summed E-state index contributed by atoms with van der Waals surface area (Å²) in [5.74, 6) is -0.0496. The average molecular weight is 333 g/mol. The monoisotopic (exact) mass is 333 g/mol. The molecule has 2 rings (SSSR count). The minimum atomic E-state index is -0.865. The summed E-state index contributed by atoms with van der Waals surface area (Å²) in [5.41, 5.74) is 5.44. The molecule has 1 aliphatic heterocycles. The first kappa shape index (κ1) is 17.7. The van der Waals surface area contributed by atoms with Crippen LogP contribution in [0.15, 0.2) is 23.5 Å². The standard InChI is InChI=1S/C16H23N5O3/c1-15(2,3)24-14(23)19-13-20-16(4,7-12(22)21(13)5)10-6-11(17)9-18-8-10/h6,8-9H,7,17H2,1-5H3,(H,19,20,23)/t16-/m0/s1. The first-order chi connectivity index (χ1) is 11.0. The van der Waals surface area contributed by atoms with Crippen LogP contribution in [-0.4, -0.2) is 40.5 Å². The Hall–Kier alpha value is -2.64. The van der Waals surface area contributed by atoms with E-state index < -0.39 is 17.2 Å². The predicted octanol–water partition coefficient (Wildman–Crippen LogP) is 1.62. The van der Waals surface area contributed by atoms with E-state index in [1.54, 1.807) is 47.0 Å². The molecule has 2 amide bonds. The Balaban J connectivity index is 2.33. The number of nitrogens with one attached hydrogen (secondary N) is 1. The molecular weight excluding hydrogens is 310 g/mol. The van der Waals surface area contributed by atoms with Crippen molar-refractivity contribution in [2.24, 2.45) is 4.99 Å². The van der Waals surface area contributed by atoms with Crippen molar-refractivity contribution in [1.82, 2.24) is 15.2 Å². The number of aliphatic imine (C=N–C) groups is 1. The molecule has 0 aromatic carbocycles. The lowest BCUT2D eigenvalue weighted by atomic mass is 9.88. The van der Waals surface area contributed by atoms with Gasteiger partial charge in [0.2, 0.25) is 11.9 Å². The van der Waals surface area contributed by atoms with E-state index in [1.807, 2.05) is 0 Å². The zero-order chi connectivity index (χ0) is 18.1. The Morgan fingerprint density at radius 3 is 2.67 bits per heavy atom. The zero-order valence-corrected chi connectivity index (χ0v) is 14.6. The van der Waals surface area contributed by atoms with E-state index in [4.69, 9.17) is 10.5 Å². The van der Waals surface area contributed by atoms with Crippen LogP contribution in [0.25, 0.3) is 0 Å². The number of aromatic nitrogens is 1. The minimum absolute atomic E-state index is 0.130. The smallest absolute Gasteiger partial charge is 0.414 e. The number of hydrogen-bond donors (Lipinski definition) is 2. The van der Waals surface area contributed by atoms with Gasteiger partial charge in [-0.2, -0.15) is 0 Å². The average Bonchev–Trinajstić information content (AvgIpc) is 2.42. The van der Waals surface area contributed by atoms with E-state index in [0.717, 1.165) is 0 Å². The fraction of sp³-hybridized carbons (Fsp3) is 0.500. The molecule has 8 nitrogen and oxygen atoms in total. The summed E-state index contributed by atoms with van der Waals surface area (Å²) in [4.78, 5) is 34.2. The third kappa shape index (κ3) is 4.01. The Kier molecular flexibility index (Phi) is 4.50. The number of carbonyl (C=O) groups excluding carboxylic acids is 2. The van der Waals surface area contributed by atoms with Gasteiger partial charge in [-0.1, -0.05) is 0 Å². The number of nitrogen functional groups attached to an aromatic ring is 1. The number of ether oxygens (including phenoxy) is 1. The van der Waals surface area contributed by atoms with Crippen LogP contribution in [0.5, 0.6) is 0 Å². The van der Waals surface area contributed by atoms with Crippen molar-refractivity contribution < 1.29 is 14.3 Å². The highest BCUT2D eigenvalue weighted by Crippen LogP contribution is 2.33. The predicted molar refractivity (Wildman–Crippen MR) is 90.2 cm³/mol. The number of pyridine rings is 1. The number of carbonyl (C=O) groups is 2. The molecule has 8 heteroatoms. The molecule has 0 saturated heterocycles. The zero-order valence-electron chi connectivity index (χ0n) is 14.6. The van der Waals surface area contributed by atoms with Crippen molar-refractivity contribution in [1.29, 1.82) is 0 Å². The highest BCUT2D eigenvalue weighted by atomic mass is 16.6. The van der Waals surface area contributed by atoms with Gasteiger partial charge in [-0.05, 0) is 33.8 Å². The van der Waals surface area contributed by atoms with Gasteiger partial charge < -0.3 is 10.5 Å². The molecule has 0 fully saturated rings. The molecule has 0 aliphatic carbocycles. The molecule has 0 saturated carbocycles. The van der Waals surface area contributed by atoms with Gasteiger partial charge in [0.1, 0.15) is 5.60 Å². The van der Waals surface area contributed by atoms with Crippen LogP contribution >= 0.6 is 0 Å². The summed E-state index contributed by atoms with van der Waals surface area (Å²) in [6.07, 6.45) is 2.61. The SMILES string of the molecule is CN1C(=O)C[C@@](C)(c2cncc(N)c2)N=C1NC(=O)OC(C)(C)C. The van der Waals surface area contributed by atoms with Crippen LogP contribution in [0.1, 0.15) is 39.7 Å². The molecule has 1 aromatic rings. The topological polar surface area (TPSA) is 110 Å². The number of anilines is 1. The second-order valence-electron chi connectivity index (χ2n) is 6.97. The molecule has 130 valence electrons. The molecule has 1 aromatic heterocycles. The molecular formula is C16H23N5O3. The number of rotatable bonds is 1. The van der Waals surface area contributed by atoms with E-state index in [2.05, 4.69) is 15.3 Å². The largest absolute Gasteiger partial charge is 0.444 e. The second kappa shape index (κ2) is 6.10. The number of nitrogens with zero attached hydrogens (tertiary/aromatic N) is 3. The molecule has 3 N–H and O–H groups in total. The normalized spacial score (nSPS) is 21.3. The summed E-state index contributed by atoms with van der Waals surface area (Å²) in [6.45, 7) is 7.07. The fourth-order valence-corrected chi connectivity index (χ4v) is 2.31. The van der Waals surface area contributed by atoms with Crippen LogP contribution in [0.3, 0.4) is 0 Å². The van der Waals surface area contributed by atoms with Gasteiger partial charge in [0.25, 0.3) is 0 Å². The Bertz CT molecular complexity index is 695. The van der Waals surface area contributed by atoms with E-state index in [-0.39, 0.29) is 18.3 Å². The van der Waals surface area contributed by atoms with Gasteiger partial charge in [-0.15, -0.1) is 0 Å². The van der Waals surface area contributed by atoms with Crippen molar-refractivity contribution in [2.75, 3.05) is 12.8 Å². The van der Waals surface area contributed by atoms with E-state index in [1.165, 1.54) is 11.1 Å². The van der Waals surface area contributed by atoms with Crippen LogP contribution in [0.4, 0.5) is 10.5 Å². The van der Waals surface area contributed by atoms with Gasteiger partial charge in [0, 0.05) is 25.0 Å². The van der Waals surface area contributed by atoms with Gasteiger partial charge >= 0.3 is 6.09 Å². The lowest BCUT2D eigenvalue weighted by Gasteiger charge is -2.35. The number of alkyl carbamates (subject to hydrolysis) is 1.